The summed E-state index contributed by atoms with van der Waals surface area (Å²) in [7, 11) is 0. The largest absolute Gasteiger partial charge is 0.422 e. The number of nitrogen functional groups attached to an aromatic ring is 1. The van der Waals surface area contributed by atoms with Crippen molar-refractivity contribution in [1.82, 2.24) is 15.0 Å². The molecule has 8 heteroatoms. The Kier molecular flexibility index (Phi) is 4.23. The topological polar surface area (TPSA) is 124 Å². The Balaban J connectivity index is 2.17. The van der Waals surface area contributed by atoms with Crippen LogP contribution < -0.4 is 16.2 Å². The Hall–Kier alpha value is -3.23. The minimum Gasteiger partial charge on any atom is -0.422 e. The fourth-order valence-electron chi connectivity index (χ4n) is 2.41. The molecule has 118 valence electrons. The molecule has 0 fully saturated rings. The zero-order chi connectivity index (χ0) is 17.1. The Bertz CT molecular complexity index is 897. The van der Waals surface area contributed by atoms with E-state index < -0.39 is 5.92 Å². The van der Waals surface area contributed by atoms with Crippen molar-refractivity contribution in [3.8, 4) is 24.3 Å². The highest BCUT2D eigenvalue weighted by Gasteiger charge is 2.34. The smallest absolute Gasteiger partial charge is 0.231 e. The molecular weight excluding hydrogens is 324 g/mol. The predicted octanol–water partition coefficient (Wildman–Crippen LogP) is 1.40. The molecule has 4 N–H and O–H groups in total. The van der Waals surface area contributed by atoms with Crippen LogP contribution in [0, 0.1) is 23.7 Å². The Labute approximate surface area is 142 Å². The zero-order valence-corrected chi connectivity index (χ0v) is 13.2. The summed E-state index contributed by atoms with van der Waals surface area (Å²) >= 11 is 1.26. The third kappa shape index (κ3) is 2.71. The van der Waals surface area contributed by atoms with Crippen molar-refractivity contribution in [2.45, 2.75) is 11.1 Å². The SMILES string of the molecule is C#CCSc1nc(N)c2c(n1)OC(N)=C(C#N)[C@H]2c1cccnc1. The molecule has 0 unspecified atom stereocenters. The molecule has 3 rings (SSSR count). The molecule has 2 aromatic rings. The molecule has 1 atom stereocenters. The van der Waals surface area contributed by atoms with Crippen LogP contribution >= 0.6 is 11.8 Å². The van der Waals surface area contributed by atoms with Gasteiger partial charge in [0.25, 0.3) is 0 Å². The maximum atomic E-state index is 9.48. The molecule has 0 aromatic carbocycles. The van der Waals surface area contributed by atoms with Gasteiger partial charge < -0.3 is 16.2 Å². The molecule has 0 radical (unpaired) electrons. The molecule has 0 spiro atoms. The highest BCUT2D eigenvalue weighted by Crippen LogP contribution is 2.43. The quantitative estimate of drug-likeness (QED) is 0.489. The Morgan fingerprint density at radius 2 is 2.21 bits per heavy atom. The first-order valence-electron chi connectivity index (χ1n) is 6.87. The van der Waals surface area contributed by atoms with Crippen LogP contribution in [0.5, 0.6) is 5.88 Å². The fourth-order valence-corrected chi connectivity index (χ4v) is 2.93. The second-order valence-corrected chi connectivity index (χ2v) is 5.76. The number of hydrogen-bond donors (Lipinski definition) is 2. The number of hydrogen-bond acceptors (Lipinski definition) is 8. The first-order valence-corrected chi connectivity index (χ1v) is 7.85. The van der Waals surface area contributed by atoms with Crippen molar-refractivity contribution in [1.29, 1.82) is 5.26 Å². The van der Waals surface area contributed by atoms with Gasteiger partial charge in [-0.1, -0.05) is 23.7 Å². The number of ether oxygens (including phenoxy) is 1. The van der Waals surface area contributed by atoms with E-state index in [-0.39, 0.29) is 23.2 Å². The molecular formula is C16H12N6OS. The zero-order valence-electron chi connectivity index (χ0n) is 12.4. The van der Waals surface area contributed by atoms with Crippen LogP contribution in [0.1, 0.15) is 17.0 Å². The molecule has 0 saturated carbocycles. The number of nitrogens with zero attached hydrogens (tertiary/aromatic N) is 4. The van der Waals surface area contributed by atoms with E-state index in [0.29, 0.717) is 16.5 Å². The van der Waals surface area contributed by atoms with E-state index in [1.54, 1.807) is 18.5 Å². The lowest BCUT2D eigenvalue weighted by Crippen LogP contribution is -2.23. The summed E-state index contributed by atoms with van der Waals surface area (Å²) in [4.78, 5) is 12.7. The summed E-state index contributed by atoms with van der Waals surface area (Å²) in [5.41, 5.74) is 13.5. The molecule has 0 aliphatic carbocycles. The van der Waals surface area contributed by atoms with Crippen LogP contribution in [-0.2, 0) is 0 Å². The lowest BCUT2D eigenvalue weighted by molar-refractivity contribution is 0.372. The minimum atomic E-state index is -0.529. The lowest BCUT2D eigenvalue weighted by Gasteiger charge is -2.26. The van der Waals surface area contributed by atoms with E-state index in [1.807, 2.05) is 6.07 Å². The highest BCUT2D eigenvalue weighted by atomic mass is 32.2. The first kappa shape index (κ1) is 15.7. The summed E-state index contributed by atoms with van der Waals surface area (Å²) in [6.45, 7) is 0. The molecule has 24 heavy (non-hydrogen) atoms. The van der Waals surface area contributed by atoms with Crippen LogP contribution in [0.25, 0.3) is 0 Å². The third-order valence-corrected chi connectivity index (χ3v) is 4.14. The van der Waals surface area contributed by atoms with E-state index in [1.165, 1.54) is 11.8 Å². The number of pyridine rings is 1. The summed E-state index contributed by atoms with van der Waals surface area (Å²) in [6, 6.07) is 5.68. The summed E-state index contributed by atoms with van der Waals surface area (Å²) < 4.78 is 5.51. The predicted molar refractivity (Wildman–Crippen MR) is 89.5 cm³/mol. The first-order chi connectivity index (χ1) is 11.7. The average Bonchev–Trinajstić information content (AvgIpc) is 2.59. The molecule has 7 nitrogen and oxygen atoms in total. The molecule has 0 amide bonds. The van der Waals surface area contributed by atoms with Crippen LogP contribution in [0.2, 0.25) is 0 Å². The van der Waals surface area contributed by atoms with Gasteiger partial charge in [0, 0.05) is 12.4 Å². The number of terminal acetylenes is 1. The van der Waals surface area contributed by atoms with Gasteiger partial charge in [0.1, 0.15) is 17.5 Å². The molecule has 2 aromatic heterocycles. The van der Waals surface area contributed by atoms with Gasteiger partial charge in [-0.3, -0.25) is 4.98 Å². The van der Waals surface area contributed by atoms with Crippen LogP contribution in [-0.4, -0.2) is 20.7 Å². The maximum Gasteiger partial charge on any atom is 0.231 e. The van der Waals surface area contributed by atoms with Gasteiger partial charge in [0.2, 0.25) is 11.8 Å². The van der Waals surface area contributed by atoms with E-state index >= 15 is 0 Å². The van der Waals surface area contributed by atoms with Crippen molar-refractivity contribution < 1.29 is 4.74 Å². The molecule has 0 bridgehead atoms. The van der Waals surface area contributed by atoms with Crippen molar-refractivity contribution in [2.75, 3.05) is 11.5 Å². The number of nitriles is 1. The van der Waals surface area contributed by atoms with Crippen molar-refractivity contribution in [3.63, 3.8) is 0 Å². The molecule has 3 heterocycles. The van der Waals surface area contributed by atoms with Gasteiger partial charge in [0.05, 0.1) is 17.2 Å². The van der Waals surface area contributed by atoms with Gasteiger partial charge in [0.15, 0.2) is 5.16 Å². The number of thioether (sulfide) groups is 1. The van der Waals surface area contributed by atoms with Crippen molar-refractivity contribution in [2.24, 2.45) is 5.73 Å². The Morgan fingerprint density at radius 1 is 1.38 bits per heavy atom. The second-order valence-electron chi connectivity index (χ2n) is 4.81. The van der Waals surface area contributed by atoms with Crippen LogP contribution in [0.4, 0.5) is 5.82 Å². The number of rotatable bonds is 3. The van der Waals surface area contributed by atoms with Crippen molar-refractivity contribution >= 4 is 17.6 Å². The van der Waals surface area contributed by atoms with Crippen LogP contribution in [0.3, 0.4) is 0 Å². The average molecular weight is 336 g/mol. The van der Waals surface area contributed by atoms with Gasteiger partial charge in [-0.2, -0.15) is 10.2 Å². The Morgan fingerprint density at radius 3 is 2.88 bits per heavy atom. The molecule has 0 saturated heterocycles. The van der Waals surface area contributed by atoms with Crippen LogP contribution in [0.15, 0.2) is 41.1 Å². The normalized spacial score (nSPS) is 15.8. The highest BCUT2D eigenvalue weighted by molar-refractivity contribution is 7.99. The second kappa shape index (κ2) is 6.49. The van der Waals surface area contributed by atoms with Crippen molar-refractivity contribution in [3.05, 3.63) is 47.1 Å². The fraction of sp³-hybridized carbons (Fsp3) is 0.125. The standard InChI is InChI=1S/C16H12N6OS/c1-2-6-24-16-21-13(18)12-11(9-4-3-5-20-8-9)10(7-17)14(19)23-15(12)22-16/h1,3-5,8,11H,6,19H2,(H2,18,21,22)/t11-/m1/s1. The third-order valence-electron chi connectivity index (χ3n) is 3.39. The van der Waals surface area contributed by atoms with Gasteiger partial charge >= 0.3 is 0 Å². The van der Waals surface area contributed by atoms with Gasteiger partial charge in [-0.05, 0) is 11.6 Å². The van der Waals surface area contributed by atoms with E-state index in [9.17, 15) is 5.26 Å². The molecule has 1 aliphatic rings. The van der Waals surface area contributed by atoms with E-state index in [0.717, 1.165) is 5.56 Å². The van der Waals surface area contributed by atoms with Gasteiger partial charge in [-0.15, -0.1) is 6.42 Å². The number of anilines is 1. The van der Waals surface area contributed by atoms with Gasteiger partial charge in [-0.25, -0.2) is 4.98 Å². The number of fused-ring (bicyclic) bond motifs is 1. The minimum absolute atomic E-state index is 0.00940. The maximum absolute atomic E-state index is 9.48. The summed E-state index contributed by atoms with van der Waals surface area (Å²) in [5, 5.41) is 9.88. The summed E-state index contributed by atoms with van der Waals surface area (Å²) in [6.07, 6.45) is 8.53. The summed E-state index contributed by atoms with van der Waals surface area (Å²) in [5.74, 6) is 2.80. The number of aromatic nitrogens is 3. The van der Waals surface area contributed by atoms with E-state index in [2.05, 4.69) is 26.9 Å². The molecule has 1 aliphatic heterocycles. The number of allylic oxidation sites excluding steroid dienone is 1. The number of nitrogens with two attached hydrogens (primary N) is 2. The lowest BCUT2D eigenvalue weighted by atomic mass is 9.85. The van der Waals surface area contributed by atoms with E-state index in [4.69, 9.17) is 22.6 Å². The monoisotopic (exact) mass is 336 g/mol.